The second-order valence-electron chi connectivity index (χ2n) is 7.20. The van der Waals surface area contributed by atoms with E-state index in [4.69, 9.17) is 4.74 Å². The molecule has 9 nitrogen and oxygen atoms in total. The minimum atomic E-state index is -0.858. The Bertz CT molecular complexity index is 1050. The number of nitro groups is 1. The maximum Gasteiger partial charge on any atom is 0.354 e. The zero-order chi connectivity index (χ0) is 22.9. The highest BCUT2D eigenvalue weighted by molar-refractivity contribution is 6.07. The number of amides is 1. The molecule has 0 fully saturated rings. The lowest BCUT2D eigenvalue weighted by Gasteiger charge is -2.24. The highest BCUT2D eigenvalue weighted by Crippen LogP contribution is 2.25. The van der Waals surface area contributed by atoms with Crippen LogP contribution in [0.4, 0.5) is 5.69 Å². The first-order valence-electron chi connectivity index (χ1n) is 9.24. The average molecular weight is 415 g/mol. The standard InChI is InChI=1S/C21H25N3O6/c1-11-8-9-15(10-16(11)24(28)29)20(26)23(6)14(4)19(25)17-12(2)18(21(27)30-7)22(5)13(17)3/h8-10,14H,1-7H3. The number of esters is 1. The summed E-state index contributed by atoms with van der Waals surface area (Å²) in [4.78, 5) is 50.0. The van der Waals surface area contributed by atoms with E-state index in [0.717, 1.165) is 0 Å². The average Bonchev–Trinajstić information content (AvgIpc) is 2.93. The van der Waals surface area contributed by atoms with E-state index in [0.29, 0.717) is 22.4 Å². The van der Waals surface area contributed by atoms with Crippen LogP contribution in [0.15, 0.2) is 18.2 Å². The molecule has 2 rings (SSSR count). The van der Waals surface area contributed by atoms with Gasteiger partial charge in [-0.2, -0.15) is 0 Å². The van der Waals surface area contributed by atoms with Crippen LogP contribution in [0.25, 0.3) is 0 Å². The normalized spacial score (nSPS) is 11.7. The van der Waals surface area contributed by atoms with Crippen LogP contribution in [0.5, 0.6) is 0 Å². The number of ketones is 1. The summed E-state index contributed by atoms with van der Waals surface area (Å²) in [6.07, 6.45) is 0. The first-order chi connectivity index (χ1) is 13.9. The largest absolute Gasteiger partial charge is 0.464 e. The summed E-state index contributed by atoms with van der Waals surface area (Å²) in [5, 5.41) is 11.2. The van der Waals surface area contributed by atoms with Crippen LogP contribution in [-0.4, -0.2) is 52.2 Å². The SMILES string of the molecule is COC(=O)c1c(C)c(C(=O)C(C)N(C)C(=O)c2ccc(C)c([N+](=O)[O-])c2)c(C)n1C. The number of hydrogen-bond donors (Lipinski definition) is 0. The summed E-state index contributed by atoms with van der Waals surface area (Å²) in [6, 6.07) is 3.34. The van der Waals surface area contributed by atoms with E-state index < -0.39 is 22.8 Å². The molecule has 160 valence electrons. The lowest BCUT2D eigenvalue weighted by Crippen LogP contribution is -2.40. The third kappa shape index (κ3) is 3.83. The summed E-state index contributed by atoms with van der Waals surface area (Å²) in [5.74, 6) is -1.41. The Morgan fingerprint density at radius 1 is 1.20 bits per heavy atom. The van der Waals surface area contributed by atoms with Crippen molar-refractivity contribution < 1.29 is 24.0 Å². The van der Waals surface area contributed by atoms with Gasteiger partial charge in [0.05, 0.1) is 18.1 Å². The lowest BCUT2D eigenvalue weighted by atomic mass is 9.99. The van der Waals surface area contributed by atoms with Gasteiger partial charge in [0.25, 0.3) is 11.6 Å². The molecule has 0 N–H and O–H groups in total. The van der Waals surface area contributed by atoms with Gasteiger partial charge >= 0.3 is 5.97 Å². The Hall–Kier alpha value is -3.49. The smallest absolute Gasteiger partial charge is 0.354 e. The molecule has 0 aliphatic carbocycles. The Morgan fingerprint density at radius 3 is 2.33 bits per heavy atom. The van der Waals surface area contributed by atoms with Crippen LogP contribution in [-0.2, 0) is 11.8 Å². The summed E-state index contributed by atoms with van der Waals surface area (Å²) in [6.45, 7) is 6.53. The second kappa shape index (κ2) is 8.48. The van der Waals surface area contributed by atoms with Gasteiger partial charge in [-0.05, 0) is 39.3 Å². The zero-order valence-electron chi connectivity index (χ0n) is 18.1. The second-order valence-corrected chi connectivity index (χ2v) is 7.20. The topological polar surface area (TPSA) is 112 Å². The highest BCUT2D eigenvalue weighted by atomic mass is 16.6. The summed E-state index contributed by atoms with van der Waals surface area (Å²) >= 11 is 0. The third-order valence-electron chi connectivity index (χ3n) is 5.49. The Labute approximate surface area is 174 Å². The van der Waals surface area contributed by atoms with Gasteiger partial charge in [-0.3, -0.25) is 19.7 Å². The van der Waals surface area contributed by atoms with Crippen molar-refractivity contribution in [3.05, 3.63) is 62.0 Å². The fourth-order valence-corrected chi connectivity index (χ4v) is 3.43. The first-order valence-corrected chi connectivity index (χ1v) is 9.24. The third-order valence-corrected chi connectivity index (χ3v) is 5.49. The molecular formula is C21H25N3O6. The van der Waals surface area contributed by atoms with Crippen molar-refractivity contribution >= 4 is 23.3 Å². The highest BCUT2D eigenvalue weighted by Gasteiger charge is 2.31. The van der Waals surface area contributed by atoms with Gasteiger partial charge < -0.3 is 14.2 Å². The van der Waals surface area contributed by atoms with E-state index in [2.05, 4.69) is 0 Å². The van der Waals surface area contributed by atoms with Crippen molar-refractivity contribution in [2.24, 2.45) is 7.05 Å². The van der Waals surface area contributed by atoms with E-state index in [1.54, 1.807) is 39.3 Å². The molecule has 0 aliphatic rings. The summed E-state index contributed by atoms with van der Waals surface area (Å²) < 4.78 is 6.39. The van der Waals surface area contributed by atoms with Gasteiger partial charge in [0.2, 0.25) is 0 Å². The fourth-order valence-electron chi connectivity index (χ4n) is 3.43. The van der Waals surface area contributed by atoms with E-state index in [1.807, 2.05) is 0 Å². The van der Waals surface area contributed by atoms with Crippen molar-refractivity contribution in [2.75, 3.05) is 14.2 Å². The number of nitrogens with zero attached hydrogens (tertiary/aromatic N) is 3. The van der Waals surface area contributed by atoms with Crippen LogP contribution >= 0.6 is 0 Å². The van der Waals surface area contributed by atoms with Gasteiger partial charge in [-0.25, -0.2) is 4.79 Å². The molecule has 1 atom stereocenters. The summed E-state index contributed by atoms with van der Waals surface area (Å²) in [7, 11) is 4.39. The number of benzene rings is 1. The number of carbonyl (C=O) groups excluding carboxylic acids is 3. The Morgan fingerprint density at radius 2 is 1.80 bits per heavy atom. The number of methoxy groups -OCH3 is 1. The van der Waals surface area contributed by atoms with Gasteiger partial charge in [0, 0.05) is 42.5 Å². The fraction of sp³-hybridized carbons (Fsp3) is 0.381. The molecule has 0 saturated carbocycles. The van der Waals surface area contributed by atoms with Gasteiger partial charge in [-0.1, -0.05) is 6.07 Å². The van der Waals surface area contributed by atoms with Crippen LogP contribution in [0.3, 0.4) is 0 Å². The molecule has 0 aliphatic heterocycles. The zero-order valence-corrected chi connectivity index (χ0v) is 18.1. The molecule has 1 amide bonds. The van der Waals surface area contributed by atoms with Crippen molar-refractivity contribution in [1.29, 1.82) is 0 Å². The molecule has 0 saturated heterocycles. The molecule has 2 aromatic rings. The number of rotatable bonds is 6. The number of ether oxygens (including phenoxy) is 1. The van der Waals surface area contributed by atoms with Gasteiger partial charge in [-0.15, -0.1) is 0 Å². The maximum absolute atomic E-state index is 13.2. The van der Waals surface area contributed by atoms with Crippen molar-refractivity contribution in [1.82, 2.24) is 9.47 Å². The molecule has 0 spiro atoms. The van der Waals surface area contributed by atoms with Crippen LogP contribution in [0, 0.1) is 30.9 Å². The number of aromatic nitrogens is 1. The van der Waals surface area contributed by atoms with Crippen molar-refractivity contribution in [2.45, 2.75) is 33.7 Å². The van der Waals surface area contributed by atoms with Crippen LogP contribution in [0.1, 0.15) is 54.9 Å². The van der Waals surface area contributed by atoms with Crippen LogP contribution < -0.4 is 0 Å². The molecule has 9 heteroatoms. The number of Topliss-reactive ketones (excluding diaryl/α,β-unsaturated/α-hetero) is 1. The number of carbonyl (C=O) groups is 3. The maximum atomic E-state index is 13.2. The number of aryl methyl sites for hydroxylation is 1. The van der Waals surface area contributed by atoms with Crippen LogP contribution in [0.2, 0.25) is 0 Å². The Kier molecular flexibility index (Phi) is 6.44. The van der Waals surface area contributed by atoms with Crippen molar-refractivity contribution in [3.63, 3.8) is 0 Å². The molecule has 0 bridgehead atoms. The van der Waals surface area contributed by atoms with Gasteiger partial charge in [0.15, 0.2) is 5.78 Å². The molecule has 1 aromatic heterocycles. The molecule has 30 heavy (non-hydrogen) atoms. The molecular weight excluding hydrogens is 390 g/mol. The molecule has 1 unspecified atom stereocenters. The van der Waals surface area contributed by atoms with E-state index in [1.165, 1.54) is 37.3 Å². The Balaban J connectivity index is 2.39. The monoisotopic (exact) mass is 415 g/mol. The molecule has 1 aromatic carbocycles. The summed E-state index contributed by atoms with van der Waals surface area (Å²) in [5.41, 5.74) is 2.07. The molecule has 1 heterocycles. The predicted molar refractivity (Wildman–Crippen MR) is 110 cm³/mol. The van der Waals surface area contributed by atoms with E-state index in [9.17, 15) is 24.5 Å². The quantitative estimate of drug-likeness (QED) is 0.310. The van der Waals surface area contributed by atoms with E-state index >= 15 is 0 Å². The van der Waals surface area contributed by atoms with E-state index in [-0.39, 0.29) is 22.7 Å². The minimum Gasteiger partial charge on any atom is -0.464 e. The number of hydrogen-bond acceptors (Lipinski definition) is 6. The van der Waals surface area contributed by atoms with Gasteiger partial charge in [0.1, 0.15) is 5.69 Å². The predicted octanol–water partition coefficient (Wildman–Crippen LogP) is 2.99. The lowest BCUT2D eigenvalue weighted by molar-refractivity contribution is -0.385. The first kappa shape index (κ1) is 22.8. The molecule has 0 radical (unpaired) electrons. The number of nitro benzene ring substituents is 1. The van der Waals surface area contributed by atoms with Crippen molar-refractivity contribution in [3.8, 4) is 0 Å². The minimum absolute atomic E-state index is 0.117. The number of likely N-dealkylation sites (N-methyl/N-ethyl adjacent to an activating group) is 1.